The van der Waals surface area contributed by atoms with E-state index in [1.54, 1.807) is 67.4 Å². The standard InChI is InChI=1S/C23H22N2O3S/c1-15-4-13-20(29-3)14-21(15)23(27)25-17-7-5-16(6-8-17)22(26)24-18-9-11-19(28-2)12-10-18/h4-14H,1-3H3,(H,24,26)(H,25,27). The van der Waals surface area contributed by atoms with Crippen molar-refractivity contribution in [3.8, 4) is 5.75 Å². The molecular weight excluding hydrogens is 384 g/mol. The van der Waals surface area contributed by atoms with Gasteiger partial charge in [0, 0.05) is 27.4 Å². The van der Waals surface area contributed by atoms with Crippen molar-refractivity contribution in [1.82, 2.24) is 0 Å². The Morgan fingerprint density at radius 3 is 2.00 bits per heavy atom. The fourth-order valence-corrected chi connectivity index (χ4v) is 3.19. The highest BCUT2D eigenvalue weighted by Gasteiger charge is 2.11. The first kappa shape index (κ1) is 20.5. The maximum absolute atomic E-state index is 12.6. The molecule has 0 bridgehead atoms. The number of aryl methyl sites for hydroxylation is 1. The summed E-state index contributed by atoms with van der Waals surface area (Å²) in [5.41, 5.74) is 3.36. The number of carbonyl (C=O) groups excluding carboxylic acids is 2. The van der Waals surface area contributed by atoms with Crippen molar-refractivity contribution in [2.24, 2.45) is 0 Å². The number of carbonyl (C=O) groups is 2. The van der Waals surface area contributed by atoms with Crippen LogP contribution in [-0.2, 0) is 0 Å². The lowest BCUT2D eigenvalue weighted by atomic mass is 10.1. The number of anilines is 2. The number of benzene rings is 3. The predicted octanol–water partition coefficient (Wildman–Crippen LogP) is 5.23. The summed E-state index contributed by atoms with van der Waals surface area (Å²) in [7, 11) is 1.59. The lowest BCUT2D eigenvalue weighted by Gasteiger charge is -2.10. The lowest BCUT2D eigenvalue weighted by Crippen LogP contribution is -2.14. The van der Waals surface area contributed by atoms with E-state index in [0.29, 0.717) is 22.5 Å². The fraction of sp³-hybridized carbons (Fsp3) is 0.130. The molecule has 0 aliphatic carbocycles. The molecule has 0 fully saturated rings. The SMILES string of the molecule is COc1ccc(NC(=O)c2ccc(NC(=O)c3cc(SC)ccc3C)cc2)cc1. The molecule has 0 aliphatic rings. The molecule has 0 unspecified atom stereocenters. The van der Waals surface area contributed by atoms with Gasteiger partial charge in [-0.2, -0.15) is 0 Å². The van der Waals surface area contributed by atoms with Crippen molar-refractivity contribution >= 4 is 35.0 Å². The Bertz CT molecular complexity index is 1020. The van der Waals surface area contributed by atoms with Crippen molar-refractivity contribution in [3.05, 3.63) is 83.4 Å². The Morgan fingerprint density at radius 2 is 1.41 bits per heavy atom. The number of rotatable bonds is 6. The molecule has 0 spiro atoms. The van der Waals surface area contributed by atoms with E-state index in [2.05, 4.69) is 10.6 Å². The molecule has 0 heterocycles. The van der Waals surface area contributed by atoms with Crippen LogP contribution >= 0.6 is 11.8 Å². The van der Waals surface area contributed by atoms with Gasteiger partial charge in [0.2, 0.25) is 0 Å². The van der Waals surface area contributed by atoms with Crippen molar-refractivity contribution in [2.45, 2.75) is 11.8 Å². The second-order valence-electron chi connectivity index (χ2n) is 6.39. The molecule has 0 saturated heterocycles. The van der Waals surface area contributed by atoms with Crippen LogP contribution in [0.1, 0.15) is 26.3 Å². The Balaban J connectivity index is 1.66. The quantitative estimate of drug-likeness (QED) is 0.550. The van der Waals surface area contributed by atoms with Gasteiger partial charge in [-0.3, -0.25) is 9.59 Å². The highest BCUT2D eigenvalue weighted by molar-refractivity contribution is 7.98. The van der Waals surface area contributed by atoms with E-state index in [1.807, 2.05) is 31.4 Å². The minimum Gasteiger partial charge on any atom is -0.497 e. The first-order chi connectivity index (χ1) is 14.0. The topological polar surface area (TPSA) is 67.4 Å². The van der Waals surface area contributed by atoms with Gasteiger partial charge in [-0.25, -0.2) is 0 Å². The number of hydrogen-bond donors (Lipinski definition) is 2. The van der Waals surface area contributed by atoms with E-state index >= 15 is 0 Å². The molecule has 0 aliphatic heterocycles. The van der Waals surface area contributed by atoms with Crippen LogP contribution in [0, 0.1) is 6.92 Å². The summed E-state index contributed by atoms with van der Waals surface area (Å²) >= 11 is 1.59. The second-order valence-corrected chi connectivity index (χ2v) is 7.27. The molecular formula is C23H22N2O3S. The summed E-state index contributed by atoms with van der Waals surface area (Å²) in [5.74, 6) is 0.326. The molecule has 5 nitrogen and oxygen atoms in total. The van der Waals surface area contributed by atoms with Crippen molar-refractivity contribution in [1.29, 1.82) is 0 Å². The van der Waals surface area contributed by atoms with Gasteiger partial charge in [0.15, 0.2) is 0 Å². The zero-order valence-electron chi connectivity index (χ0n) is 16.5. The Morgan fingerprint density at radius 1 is 0.828 bits per heavy atom. The number of ether oxygens (including phenoxy) is 1. The van der Waals surface area contributed by atoms with Crippen LogP contribution in [-0.4, -0.2) is 25.2 Å². The van der Waals surface area contributed by atoms with Gasteiger partial charge in [0.1, 0.15) is 5.75 Å². The van der Waals surface area contributed by atoms with Gasteiger partial charge in [-0.15, -0.1) is 11.8 Å². The fourth-order valence-electron chi connectivity index (χ4n) is 2.75. The van der Waals surface area contributed by atoms with Crippen LogP contribution in [0.15, 0.2) is 71.6 Å². The van der Waals surface area contributed by atoms with Gasteiger partial charge in [-0.05, 0) is 79.4 Å². The highest BCUT2D eigenvalue weighted by Crippen LogP contribution is 2.21. The molecule has 3 aromatic rings. The average Bonchev–Trinajstić information content (AvgIpc) is 2.75. The highest BCUT2D eigenvalue weighted by atomic mass is 32.2. The van der Waals surface area contributed by atoms with Crippen LogP contribution in [0.3, 0.4) is 0 Å². The summed E-state index contributed by atoms with van der Waals surface area (Å²) in [6.45, 7) is 1.91. The second kappa shape index (κ2) is 9.30. The van der Waals surface area contributed by atoms with E-state index in [4.69, 9.17) is 4.74 Å². The molecule has 148 valence electrons. The van der Waals surface area contributed by atoms with Gasteiger partial charge >= 0.3 is 0 Å². The number of hydrogen-bond acceptors (Lipinski definition) is 4. The number of amides is 2. The van der Waals surface area contributed by atoms with Gasteiger partial charge in [0.25, 0.3) is 11.8 Å². The molecule has 0 atom stereocenters. The molecule has 0 saturated carbocycles. The Hall–Kier alpha value is -3.25. The number of thioether (sulfide) groups is 1. The zero-order chi connectivity index (χ0) is 20.8. The molecule has 0 radical (unpaired) electrons. The maximum Gasteiger partial charge on any atom is 0.255 e. The molecule has 2 N–H and O–H groups in total. The lowest BCUT2D eigenvalue weighted by molar-refractivity contribution is 0.101. The largest absolute Gasteiger partial charge is 0.497 e. The summed E-state index contributed by atoms with van der Waals surface area (Å²) in [4.78, 5) is 26.0. The summed E-state index contributed by atoms with van der Waals surface area (Å²) in [5, 5.41) is 5.72. The predicted molar refractivity (Wildman–Crippen MR) is 118 cm³/mol. The zero-order valence-corrected chi connectivity index (χ0v) is 17.3. The molecule has 0 aromatic heterocycles. The monoisotopic (exact) mass is 406 g/mol. The Kier molecular flexibility index (Phi) is 6.57. The smallest absolute Gasteiger partial charge is 0.255 e. The van der Waals surface area contributed by atoms with Crippen LogP contribution in [0.25, 0.3) is 0 Å². The molecule has 2 amide bonds. The summed E-state index contributed by atoms with van der Waals surface area (Å²) in [6, 6.07) is 19.7. The van der Waals surface area contributed by atoms with Gasteiger partial charge < -0.3 is 15.4 Å². The molecule has 6 heteroatoms. The first-order valence-corrected chi connectivity index (χ1v) is 10.2. The van der Waals surface area contributed by atoms with E-state index < -0.39 is 0 Å². The van der Waals surface area contributed by atoms with Crippen molar-refractivity contribution < 1.29 is 14.3 Å². The average molecular weight is 407 g/mol. The summed E-state index contributed by atoms with van der Waals surface area (Å²) < 4.78 is 5.11. The van der Waals surface area contributed by atoms with E-state index in [9.17, 15) is 9.59 Å². The van der Waals surface area contributed by atoms with Crippen LogP contribution < -0.4 is 15.4 Å². The Labute approximate surface area is 174 Å². The minimum atomic E-state index is -0.225. The number of methoxy groups -OCH3 is 1. The molecule has 3 rings (SSSR count). The van der Waals surface area contributed by atoms with Crippen molar-refractivity contribution in [3.63, 3.8) is 0 Å². The van der Waals surface area contributed by atoms with Gasteiger partial charge in [-0.1, -0.05) is 6.07 Å². The van der Waals surface area contributed by atoms with E-state index in [-0.39, 0.29) is 11.8 Å². The maximum atomic E-state index is 12.6. The molecule has 29 heavy (non-hydrogen) atoms. The molecule has 3 aromatic carbocycles. The van der Waals surface area contributed by atoms with Crippen LogP contribution in [0.5, 0.6) is 5.75 Å². The third kappa shape index (κ3) is 5.18. The van der Waals surface area contributed by atoms with Crippen molar-refractivity contribution in [2.75, 3.05) is 24.0 Å². The van der Waals surface area contributed by atoms with E-state index in [0.717, 1.165) is 16.2 Å². The summed E-state index contributed by atoms with van der Waals surface area (Å²) in [6.07, 6.45) is 1.97. The van der Waals surface area contributed by atoms with Crippen LogP contribution in [0.4, 0.5) is 11.4 Å². The number of nitrogens with one attached hydrogen (secondary N) is 2. The van der Waals surface area contributed by atoms with E-state index in [1.165, 1.54) is 0 Å². The minimum absolute atomic E-state index is 0.172. The first-order valence-electron chi connectivity index (χ1n) is 9.01. The third-order valence-corrected chi connectivity index (χ3v) is 5.17. The van der Waals surface area contributed by atoms with Crippen LogP contribution in [0.2, 0.25) is 0 Å². The third-order valence-electron chi connectivity index (χ3n) is 4.44. The normalized spacial score (nSPS) is 10.3. The van der Waals surface area contributed by atoms with Gasteiger partial charge in [0.05, 0.1) is 7.11 Å².